The van der Waals surface area contributed by atoms with Gasteiger partial charge in [0.2, 0.25) is 0 Å². The Morgan fingerprint density at radius 2 is 1.90 bits per heavy atom. The summed E-state index contributed by atoms with van der Waals surface area (Å²) in [5.74, 6) is -0.704. The van der Waals surface area contributed by atoms with Crippen molar-refractivity contribution in [3.8, 4) is 5.75 Å². The van der Waals surface area contributed by atoms with E-state index in [1.807, 2.05) is 0 Å². The van der Waals surface area contributed by atoms with Gasteiger partial charge >= 0.3 is 11.9 Å². The Bertz CT molecular complexity index is 1670. The Morgan fingerprint density at radius 3 is 2.54 bits per heavy atom. The maximum Gasteiger partial charge on any atom is 0.343 e. The first kappa shape index (κ1) is 27.5. The van der Waals surface area contributed by atoms with Crippen LogP contribution in [-0.2, 0) is 19.1 Å². The van der Waals surface area contributed by atoms with Crippen LogP contribution in [0.1, 0.15) is 36.6 Å². The lowest BCUT2D eigenvalue weighted by Crippen LogP contribution is -2.40. The molecule has 0 spiro atoms. The molecule has 0 N–H and O–H groups in total. The molecule has 11 nitrogen and oxygen atoms in total. The van der Waals surface area contributed by atoms with Gasteiger partial charge in [-0.1, -0.05) is 35.6 Å². The first-order valence-corrected chi connectivity index (χ1v) is 12.7. The fourth-order valence-corrected chi connectivity index (χ4v) is 5.16. The fraction of sp³-hybridized carbons (Fsp3) is 0.259. The molecule has 0 aliphatic carbocycles. The van der Waals surface area contributed by atoms with Crippen LogP contribution in [0.25, 0.3) is 6.08 Å². The molecule has 1 aromatic heterocycles. The largest absolute Gasteiger partial charge is 0.482 e. The highest BCUT2D eigenvalue weighted by atomic mass is 32.1. The van der Waals surface area contributed by atoms with Crippen LogP contribution in [0.2, 0.25) is 0 Å². The second-order valence-corrected chi connectivity index (χ2v) is 9.55. The molecule has 0 saturated heterocycles. The van der Waals surface area contributed by atoms with Crippen molar-refractivity contribution in [3.05, 3.63) is 100 Å². The lowest BCUT2D eigenvalue weighted by Gasteiger charge is -2.24. The third-order valence-corrected chi connectivity index (χ3v) is 7.01. The van der Waals surface area contributed by atoms with Crippen molar-refractivity contribution in [1.82, 2.24) is 4.57 Å². The molecule has 0 amide bonds. The zero-order valence-corrected chi connectivity index (χ0v) is 22.4. The van der Waals surface area contributed by atoms with Gasteiger partial charge in [-0.05, 0) is 50.1 Å². The van der Waals surface area contributed by atoms with Crippen molar-refractivity contribution in [2.45, 2.75) is 26.8 Å². The van der Waals surface area contributed by atoms with Gasteiger partial charge < -0.3 is 14.2 Å². The lowest BCUT2D eigenvalue weighted by atomic mass is 9.94. The Hall–Kier alpha value is -4.58. The van der Waals surface area contributed by atoms with E-state index in [0.717, 1.165) is 11.3 Å². The van der Waals surface area contributed by atoms with Crippen LogP contribution in [-0.4, -0.2) is 41.8 Å². The number of methoxy groups -OCH3 is 1. The second-order valence-electron chi connectivity index (χ2n) is 8.54. The molecule has 0 radical (unpaired) electrons. The summed E-state index contributed by atoms with van der Waals surface area (Å²) in [7, 11) is 1.27. The van der Waals surface area contributed by atoms with Crippen LogP contribution < -0.4 is 19.6 Å². The van der Waals surface area contributed by atoms with E-state index >= 15 is 0 Å². The maximum atomic E-state index is 13.7. The van der Waals surface area contributed by atoms with Gasteiger partial charge in [-0.3, -0.25) is 19.5 Å². The Balaban J connectivity index is 1.83. The van der Waals surface area contributed by atoms with Gasteiger partial charge in [-0.25, -0.2) is 14.6 Å². The molecule has 0 unspecified atom stereocenters. The van der Waals surface area contributed by atoms with E-state index in [9.17, 15) is 24.5 Å². The molecule has 0 fully saturated rings. The molecule has 2 heterocycles. The third-order valence-electron chi connectivity index (χ3n) is 6.02. The van der Waals surface area contributed by atoms with Crippen LogP contribution in [0.15, 0.2) is 63.5 Å². The molecule has 3 aromatic rings. The minimum atomic E-state index is -0.962. The Morgan fingerprint density at radius 1 is 1.18 bits per heavy atom. The number of nitro groups is 1. The zero-order chi connectivity index (χ0) is 28.3. The number of nitro benzene ring substituents is 1. The summed E-state index contributed by atoms with van der Waals surface area (Å²) in [5, 5.41) is 11.7. The summed E-state index contributed by atoms with van der Waals surface area (Å²) in [6, 6.07) is 10.4. The molecular weight excluding hydrogens is 526 g/mol. The number of hydrogen-bond donors (Lipinski definition) is 0. The standard InChI is InChI=1S/C27H25N3O8S/c1-5-37-26(33)23-16(3)28-27-29(24(23)18-9-6-15(2)20(13-18)30(34)35)25(32)21(39-27)12-17-7-10-19(11-8-17)38-14-22(31)36-4/h6-13,24H,5,14H2,1-4H3/b21-12+/t24-/m0/s1. The maximum absolute atomic E-state index is 13.7. The van der Waals surface area contributed by atoms with E-state index < -0.39 is 28.5 Å². The summed E-state index contributed by atoms with van der Waals surface area (Å²) in [4.78, 5) is 54.0. The van der Waals surface area contributed by atoms with Gasteiger partial charge in [0.25, 0.3) is 11.2 Å². The van der Waals surface area contributed by atoms with Gasteiger partial charge in [-0.15, -0.1) is 0 Å². The number of carbonyl (C=O) groups is 2. The first-order valence-electron chi connectivity index (χ1n) is 11.9. The average Bonchev–Trinajstić information content (AvgIpc) is 3.21. The van der Waals surface area contributed by atoms with Crippen LogP contribution in [0.5, 0.6) is 5.75 Å². The van der Waals surface area contributed by atoms with E-state index in [1.54, 1.807) is 63.2 Å². The quantitative estimate of drug-likeness (QED) is 0.236. The summed E-state index contributed by atoms with van der Waals surface area (Å²) >= 11 is 1.14. The Kier molecular flexibility index (Phi) is 8.05. The van der Waals surface area contributed by atoms with Crippen molar-refractivity contribution in [2.75, 3.05) is 20.3 Å². The van der Waals surface area contributed by atoms with E-state index in [4.69, 9.17) is 9.47 Å². The van der Waals surface area contributed by atoms with Gasteiger partial charge in [0.05, 0.1) is 40.5 Å². The molecule has 0 saturated carbocycles. The molecular formula is C27H25N3O8S. The van der Waals surface area contributed by atoms with Gasteiger partial charge in [0.1, 0.15) is 5.75 Å². The molecule has 1 aliphatic rings. The van der Waals surface area contributed by atoms with Crippen molar-refractivity contribution >= 4 is 35.0 Å². The third kappa shape index (κ3) is 5.65. The molecule has 2 aromatic carbocycles. The number of nitrogens with zero attached hydrogens (tertiary/aromatic N) is 3. The van der Waals surface area contributed by atoms with E-state index in [-0.39, 0.29) is 24.5 Å². The van der Waals surface area contributed by atoms with Crippen LogP contribution >= 0.6 is 11.3 Å². The van der Waals surface area contributed by atoms with Crippen LogP contribution in [0, 0.1) is 17.0 Å². The van der Waals surface area contributed by atoms with Crippen molar-refractivity contribution in [3.63, 3.8) is 0 Å². The highest BCUT2D eigenvalue weighted by molar-refractivity contribution is 7.07. The number of esters is 2. The summed E-state index contributed by atoms with van der Waals surface area (Å²) in [6.45, 7) is 4.81. The summed E-state index contributed by atoms with van der Waals surface area (Å²) in [6.07, 6.45) is 1.67. The fourth-order valence-electron chi connectivity index (χ4n) is 4.11. The normalized spacial score (nSPS) is 14.9. The predicted octanol–water partition coefficient (Wildman–Crippen LogP) is 2.57. The van der Waals surface area contributed by atoms with Crippen LogP contribution in [0.4, 0.5) is 5.69 Å². The first-order chi connectivity index (χ1) is 18.6. The number of ether oxygens (including phenoxy) is 3. The SMILES string of the molecule is CCOC(=O)C1=C(C)N=c2s/c(=C/c3ccc(OCC(=O)OC)cc3)c(=O)n2[C@H]1c1ccc(C)c([N+](=O)[O-])c1. The number of benzene rings is 2. The highest BCUT2D eigenvalue weighted by Gasteiger charge is 2.34. The van der Waals surface area contributed by atoms with Crippen molar-refractivity contribution in [2.24, 2.45) is 4.99 Å². The zero-order valence-electron chi connectivity index (χ0n) is 21.6. The van der Waals surface area contributed by atoms with E-state index in [1.165, 1.54) is 17.7 Å². The lowest BCUT2D eigenvalue weighted by molar-refractivity contribution is -0.385. The van der Waals surface area contributed by atoms with Crippen LogP contribution in [0.3, 0.4) is 0 Å². The Labute approximate surface area is 226 Å². The minimum absolute atomic E-state index is 0.111. The summed E-state index contributed by atoms with van der Waals surface area (Å²) in [5.41, 5.74) is 1.50. The molecule has 1 atom stereocenters. The number of thiazole rings is 1. The van der Waals surface area contributed by atoms with Gasteiger partial charge in [0, 0.05) is 11.6 Å². The summed E-state index contributed by atoms with van der Waals surface area (Å²) < 4.78 is 16.9. The van der Waals surface area contributed by atoms with E-state index in [2.05, 4.69) is 9.73 Å². The monoisotopic (exact) mass is 551 g/mol. The minimum Gasteiger partial charge on any atom is -0.482 e. The highest BCUT2D eigenvalue weighted by Crippen LogP contribution is 2.33. The van der Waals surface area contributed by atoms with Gasteiger partial charge in [0.15, 0.2) is 11.4 Å². The topological polar surface area (TPSA) is 139 Å². The molecule has 4 rings (SSSR count). The number of hydrogen-bond acceptors (Lipinski definition) is 10. The molecule has 0 bridgehead atoms. The number of fused-ring (bicyclic) bond motifs is 1. The van der Waals surface area contributed by atoms with Gasteiger partial charge in [-0.2, -0.15) is 0 Å². The molecule has 1 aliphatic heterocycles. The second kappa shape index (κ2) is 11.4. The predicted molar refractivity (Wildman–Crippen MR) is 142 cm³/mol. The molecule has 202 valence electrons. The number of carbonyl (C=O) groups excluding carboxylic acids is 2. The average molecular weight is 552 g/mol. The number of aromatic nitrogens is 1. The molecule has 12 heteroatoms. The molecule has 39 heavy (non-hydrogen) atoms. The number of allylic oxidation sites excluding steroid dienone is 1. The number of aryl methyl sites for hydroxylation is 1. The smallest absolute Gasteiger partial charge is 0.343 e. The van der Waals surface area contributed by atoms with Crippen molar-refractivity contribution < 1.29 is 28.7 Å². The number of rotatable bonds is 8. The van der Waals surface area contributed by atoms with Crippen molar-refractivity contribution in [1.29, 1.82) is 0 Å². The van der Waals surface area contributed by atoms with E-state index in [0.29, 0.717) is 37.5 Å².